The Balaban J connectivity index is 1.58. The maximum atomic E-state index is 12.6. The molecule has 1 amide bonds. The van der Waals surface area contributed by atoms with Crippen molar-refractivity contribution in [3.63, 3.8) is 0 Å². The van der Waals surface area contributed by atoms with E-state index >= 15 is 0 Å². The SMILES string of the molecule is CSc1nn(CC(=O)Nc2ccc(C)c(C)c2)c(N)c1-c1nc(-c2ccccc2)no1. The predicted octanol–water partition coefficient (Wildman–Crippen LogP) is 4.16. The fraction of sp³-hybridized carbons (Fsp3) is 0.182. The number of carbonyl (C=O) groups is 1. The van der Waals surface area contributed by atoms with E-state index in [-0.39, 0.29) is 18.3 Å². The van der Waals surface area contributed by atoms with Crippen molar-refractivity contribution in [1.29, 1.82) is 0 Å². The van der Waals surface area contributed by atoms with Crippen molar-refractivity contribution in [2.45, 2.75) is 25.4 Å². The molecule has 0 aliphatic heterocycles. The fourth-order valence-electron chi connectivity index (χ4n) is 3.10. The Morgan fingerprint density at radius 3 is 2.65 bits per heavy atom. The van der Waals surface area contributed by atoms with E-state index in [2.05, 4.69) is 20.6 Å². The fourth-order valence-corrected chi connectivity index (χ4v) is 3.68. The number of rotatable bonds is 6. The van der Waals surface area contributed by atoms with Crippen molar-refractivity contribution in [2.24, 2.45) is 0 Å². The summed E-state index contributed by atoms with van der Waals surface area (Å²) in [5.41, 5.74) is 10.7. The van der Waals surface area contributed by atoms with Crippen molar-refractivity contribution < 1.29 is 9.32 Å². The van der Waals surface area contributed by atoms with Crippen LogP contribution < -0.4 is 11.1 Å². The summed E-state index contributed by atoms with van der Waals surface area (Å²) in [5.74, 6) is 0.791. The molecule has 8 nitrogen and oxygen atoms in total. The number of nitrogens with one attached hydrogen (secondary N) is 1. The second kappa shape index (κ2) is 8.65. The summed E-state index contributed by atoms with van der Waals surface area (Å²) in [4.78, 5) is 17.1. The van der Waals surface area contributed by atoms with E-state index in [9.17, 15) is 4.79 Å². The number of nitrogens with zero attached hydrogens (tertiary/aromatic N) is 4. The second-order valence-corrected chi connectivity index (χ2v) is 7.86. The number of anilines is 2. The number of thioether (sulfide) groups is 1. The van der Waals surface area contributed by atoms with Crippen LogP contribution in [0.1, 0.15) is 11.1 Å². The van der Waals surface area contributed by atoms with Gasteiger partial charge in [-0.1, -0.05) is 41.6 Å². The molecule has 158 valence electrons. The van der Waals surface area contributed by atoms with Crippen molar-refractivity contribution in [1.82, 2.24) is 19.9 Å². The number of benzene rings is 2. The number of nitrogens with two attached hydrogens (primary N) is 1. The normalized spacial score (nSPS) is 10.9. The number of amides is 1. The zero-order chi connectivity index (χ0) is 22.0. The molecule has 2 aromatic heterocycles. The molecule has 2 aromatic carbocycles. The number of nitrogen functional groups attached to an aromatic ring is 1. The molecule has 0 bridgehead atoms. The average molecular weight is 435 g/mol. The number of aryl methyl sites for hydroxylation is 2. The van der Waals surface area contributed by atoms with Gasteiger partial charge < -0.3 is 15.6 Å². The van der Waals surface area contributed by atoms with Crippen LogP contribution in [0.3, 0.4) is 0 Å². The van der Waals surface area contributed by atoms with Crippen LogP contribution in [0.15, 0.2) is 58.1 Å². The van der Waals surface area contributed by atoms with Crippen molar-refractivity contribution in [3.8, 4) is 22.8 Å². The highest BCUT2D eigenvalue weighted by molar-refractivity contribution is 7.98. The molecular weight excluding hydrogens is 412 g/mol. The third kappa shape index (κ3) is 4.31. The number of carbonyl (C=O) groups excluding carboxylic acids is 1. The van der Waals surface area contributed by atoms with Gasteiger partial charge in [0.05, 0.1) is 0 Å². The van der Waals surface area contributed by atoms with Gasteiger partial charge in [-0.25, -0.2) is 4.68 Å². The van der Waals surface area contributed by atoms with Gasteiger partial charge in [0.2, 0.25) is 11.7 Å². The lowest BCUT2D eigenvalue weighted by Crippen LogP contribution is -2.20. The molecule has 0 saturated carbocycles. The van der Waals surface area contributed by atoms with Crippen LogP contribution in [-0.4, -0.2) is 32.1 Å². The molecule has 0 saturated heterocycles. The molecule has 0 spiro atoms. The summed E-state index contributed by atoms with van der Waals surface area (Å²) < 4.78 is 6.91. The van der Waals surface area contributed by atoms with E-state index in [1.54, 1.807) is 0 Å². The number of aromatic nitrogens is 4. The lowest BCUT2D eigenvalue weighted by Gasteiger charge is -2.08. The van der Waals surface area contributed by atoms with Crippen molar-refractivity contribution in [3.05, 3.63) is 59.7 Å². The molecule has 0 radical (unpaired) electrons. The summed E-state index contributed by atoms with van der Waals surface area (Å²) in [7, 11) is 0. The molecule has 9 heteroatoms. The third-order valence-electron chi connectivity index (χ3n) is 4.91. The highest BCUT2D eigenvalue weighted by atomic mass is 32.2. The van der Waals surface area contributed by atoms with Gasteiger partial charge in [0, 0.05) is 11.3 Å². The highest BCUT2D eigenvalue weighted by Crippen LogP contribution is 2.34. The van der Waals surface area contributed by atoms with Gasteiger partial charge in [0.15, 0.2) is 0 Å². The lowest BCUT2D eigenvalue weighted by molar-refractivity contribution is -0.116. The first-order chi connectivity index (χ1) is 15.0. The zero-order valence-corrected chi connectivity index (χ0v) is 18.2. The van der Waals surface area contributed by atoms with Crippen molar-refractivity contribution in [2.75, 3.05) is 17.3 Å². The Labute approximate surface area is 183 Å². The molecule has 0 aliphatic carbocycles. The molecule has 31 heavy (non-hydrogen) atoms. The van der Waals surface area contributed by atoms with E-state index in [0.717, 1.165) is 22.4 Å². The minimum atomic E-state index is -0.229. The standard InChI is InChI=1S/C22H22N6O2S/c1-13-9-10-16(11-14(13)2)24-17(29)12-28-19(23)18(22(26-28)31-3)21-25-20(27-30-21)15-7-5-4-6-8-15/h4-11H,12,23H2,1-3H3,(H,24,29). The summed E-state index contributed by atoms with van der Waals surface area (Å²) in [6.45, 7) is 3.99. The molecule has 0 unspecified atom stereocenters. The number of hydrogen-bond donors (Lipinski definition) is 2. The molecule has 0 fully saturated rings. The van der Waals surface area contributed by atoms with E-state index in [0.29, 0.717) is 22.2 Å². The Bertz CT molecular complexity index is 1230. The van der Waals surface area contributed by atoms with Gasteiger partial charge in [-0.05, 0) is 43.4 Å². The first-order valence-corrected chi connectivity index (χ1v) is 10.9. The van der Waals surface area contributed by atoms with Crippen LogP contribution in [0, 0.1) is 13.8 Å². The second-order valence-electron chi connectivity index (χ2n) is 7.06. The molecule has 4 aromatic rings. The van der Waals surface area contributed by atoms with Crippen LogP contribution in [0.25, 0.3) is 22.8 Å². The van der Waals surface area contributed by atoms with Crippen LogP contribution in [0.4, 0.5) is 11.5 Å². The van der Waals surface area contributed by atoms with E-state index in [1.807, 2.05) is 68.6 Å². The van der Waals surface area contributed by atoms with E-state index in [1.165, 1.54) is 16.4 Å². The Morgan fingerprint density at radius 2 is 1.94 bits per heavy atom. The predicted molar refractivity (Wildman–Crippen MR) is 122 cm³/mol. The van der Waals surface area contributed by atoms with Gasteiger partial charge in [-0.15, -0.1) is 11.8 Å². The lowest BCUT2D eigenvalue weighted by atomic mass is 10.1. The molecule has 3 N–H and O–H groups in total. The first kappa shape index (κ1) is 20.7. The molecular formula is C22H22N6O2S. The smallest absolute Gasteiger partial charge is 0.264 e. The summed E-state index contributed by atoms with van der Waals surface area (Å²) in [6, 6.07) is 15.3. The topological polar surface area (TPSA) is 112 Å². The minimum Gasteiger partial charge on any atom is -0.383 e. The monoisotopic (exact) mass is 434 g/mol. The molecule has 4 rings (SSSR count). The maximum absolute atomic E-state index is 12.6. The average Bonchev–Trinajstić information content (AvgIpc) is 3.36. The van der Waals surface area contributed by atoms with Gasteiger partial charge >= 0.3 is 0 Å². The van der Waals surface area contributed by atoms with E-state index in [4.69, 9.17) is 10.3 Å². The van der Waals surface area contributed by atoms with Gasteiger partial charge in [0.1, 0.15) is 23.0 Å². The molecule has 2 heterocycles. The largest absolute Gasteiger partial charge is 0.383 e. The van der Waals surface area contributed by atoms with Gasteiger partial charge in [-0.3, -0.25) is 4.79 Å². The Hall–Kier alpha value is -3.59. The minimum absolute atomic E-state index is 0.0357. The maximum Gasteiger partial charge on any atom is 0.264 e. The van der Waals surface area contributed by atoms with Crippen LogP contribution >= 0.6 is 11.8 Å². The van der Waals surface area contributed by atoms with Gasteiger partial charge in [-0.2, -0.15) is 10.1 Å². The quantitative estimate of drug-likeness (QED) is 0.438. The Kier molecular flexibility index (Phi) is 5.77. The summed E-state index contributed by atoms with van der Waals surface area (Å²) >= 11 is 1.39. The highest BCUT2D eigenvalue weighted by Gasteiger charge is 2.23. The molecule has 0 atom stereocenters. The first-order valence-electron chi connectivity index (χ1n) is 9.63. The summed E-state index contributed by atoms with van der Waals surface area (Å²) in [6.07, 6.45) is 1.87. The zero-order valence-electron chi connectivity index (χ0n) is 17.4. The number of hydrogen-bond acceptors (Lipinski definition) is 7. The van der Waals surface area contributed by atoms with E-state index < -0.39 is 0 Å². The molecule has 0 aliphatic rings. The Morgan fingerprint density at radius 1 is 1.16 bits per heavy atom. The summed E-state index contributed by atoms with van der Waals surface area (Å²) in [5, 5.41) is 12.0. The third-order valence-corrected chi connectivity index (χ3v) is 5.58. The van der Waals surface area contributed by atoms with Crippen LogP contribution in [-0.2, 0) is 11.3 Å². The van der Waals surface area contributed by atoms with Crippen molar-refractivity contribution >= 4 is 29.2 Å². The van der Waals surface area contributed by atoms with Crippen LogP contribution in [0.5, 0.6) is 0 Å². The van der Waals surface area contributed by atoms with Crippen LogP contribution in [0.2, 0.25) is 0 Å². The van der Waals surface area contributed by atoms with Gasteiger partial charge in [0.25, 0.3) is 5.89 Å².